The lowest BCUT2D eigenvalue weighted by Crippen LogP contribution is -2.41. The molecule has 0 bridgehead atoms. The Hall–Kier alpha value is -0.315. The van der Waals surface area contributed by atoms with Gasteiger partial charge in [-0.1, -0.05) is 19.9 Å². The number of rotatable bonds is 2. The molecule has 3 aliphatic rings. The Morgan fingerprint density at radius 1 is 1.14 bits per heavy atom. The van der Waals surface area contributed by atoms with Crippen LogP contribution in [0.5, 0.6) is 0 Å². The van der Waals surface area contributed by atoms with Gasteiger partial charge in [0.2, 0.25) is 0 Å². The highest BCUT2D eigenvalue weighted by Gasteiger charge is 2.54. The molecule has 0 N–H and O–H groups in total. The molecule has 3 rings (SSSR count). The molecule has 0 aromatic heterocycles. The Morgan fingerprint density at radius 3 is 2.27 bits per heavy atom. The number of hydrogen-bond acceptors (Lipinski definition) is 3. The van der Waals surface area contributed by atoms with Gasteiger partial charge >= 0.3 is 7.12 Å². The van der Waals surface area contributed by atoms with Crippen LogP contribution in [0.15, 0.2) is 11.5 Å². The quantitative estimate of drug-likeness (QED) is 0.717. The van der Waals surface area contributed by atoms with Gasteiger partial charge in [0.15, 0.2) is 0 Å². The molecule has 0 saturated carbocycles. The van der Waals surface area contributed by atoms with Crippen molar-refractivity contribution in [3.63, 3.8) is 0 Å². The molecule has 2 atom stereocenters. The van der Waals surface area contributed by atoms with E-state index in [1.54, 1.807) is 0 Å². The van der Waals surface area contributed by atoms with Gasteiger partial charge in [0.1, 0.15) is 0 Å². The van der Waals surface area contributed by atoms with Crippen molar-refractivity contribution < 1.29 is 14.0 Å². The first-order valence-electron chi connectivity index (χ1n) is 8.85. The molecule has 1 spiro atoms. The van der Waals surface area contributed by atoms with Crippen molar-refractivity contribution in [2.45, 2.75) is 84.0 Å². The second-order valence-corrected chi connectivity index (χ2v) is 8.62. The molecular formula is C18H31BO3. The summed E-state index contributed by atoms with van der Waals surface area (Å²) in [7, 11) is -0.179. The van der Waals surface area contributed by atoms with E-state index in [-0.39, 0.29) is 23.9 Å². The van der Waals surface area contributed by atoms with Crippen molar-refractivity contribution in [1.29, 1.82) is 0 Å². The number of ether oxygens (including phenoxy) is 1. The summed E-state index contributed by atoms with van der Waals surface area (Å²) in [6.07, 6.45) is 6.69. The van der Waals surface area contributed by atoms with Gasteiger partial charge in [0, 0.05) is 6.61 Å². The zero-order chi connectivity index (χ0) is 16.2. The first-order valence-corrected chi connectivity index (χ1v) is 8.85. The molecule has 2 saturated heterocycles. The van der Waals surface area contributed by atoms with Crippen molar-refractivity contribution >= 4 is 7.12 Å². The summed E-state index contributed by atoms with van der Waals surface area (Å²) >= 11 is 0. The van der Waals surface area contributed by atoms with Gasteiger partial charge in [0.05, 0.1) is 16.8 Å². The maximum atomic E-state index is 6.22. The molecule has 4 heteroatoms. The highest BCUT2D eigenvalue weighted by molar-refractivity contribution is 6.54. The van der Waals surface area contributed by atoms with Crippen LogP contribution in [0.25, 0.3) is 0 Å². The average Bonchev–Trinajstić information content (AvgIpc) is 2.90. The van der Waals surface area contributed by atoms with Crippen LogP contribution in [0.2, 0.25) is 0 Å². The van der Waals surface area contributed by atoms with Gasteiger partial charge in [-0.15, -0.1) is 0 Å². The minimum Gasteiger partial charge on any atom is -0.400 e. The van der Waals surface area contributed by atoms with Gasteiger partial charge < -0.3 is 14.0 Å². The van der Waals surface area contributed by atoms with E-state index in [1.165, 1.54) is 11.9 Å². The first kappa shape index (κ1) is 16.5. The molecule has 0 amide bonds. The van der Waals surface area contributed by atoms with E-state index in [1.807, 2.05) is 0 Å². The van der Waals surface area contributed by atoms with Crippen LogP contribution in [0.3, 0.4) is 0 Å². The summed E-state index contributed by atoms with van der Waals surface area (Å²) in [5.74, 6) is 1.37. The molecule has 22 heavy (non-hydrogen) atoms. The minimum absolute atomic E-state index is 0.0707. The molecule has 0 aromatic carbocycles. The lowest BCUT2D eigenvalue weighted by atomic mass is 9.65. The lowest BCUT2D eigenvalue weighted by Gasteiger charge is -2.39. The summed E-state index contributed by atoms with van der Waals surface area (Å²) in [6.45, 7) is 14.0. The summed E-state index contributed by atoms with van der Waals surface area (Å²) in [6, 6.07) is 0. The fraction of sp³-hybridized carbons (Fsp3) is 0.889. The minimum atomic E-state index is -0.252. The van der Waals surface area contributed by atoms with Gasteiger partial charge in [-0.05, 0) is 70.7 Å². The molecular weight excluding hydrogens is 275 g/mol. The van der Waals surface area contributed by atoms with E-state index in [4.69, 9.17) is 14.0 Å². The molecule has 3 nitrogen and oxygen atoms in total. The summed E-state index contributed by atoms with van der Waals surface area (Å²) in [5.41, 5.74) is 0.874. The fourth-order valence-electron chi connectivity index (χ4n) is 4.24. The van der Waals surface area contributed by atoms with E-state index < -0.39 is 0 Å². The Balaban J connectivity index is 1.73. The van der Waals surface area contributed by atoms with Crippen LogP contribution in [0.4, 0.5) is 0 Å². The Kier molecular flexibility index (Phi) is 4.03. The van der Waals surface area contributed by atoms with E-state index in [0.717, 1.165) is 25.9 Å². The third kappa shape index (κ3) is 2.57. The van der Waals surface area contributed by atoms with Crippen LogP contribution in [0.1, 0.15) is 67.2 Å². The summed E-state index contributed by atoms with van der Waals surface area (Å²) in [5, 5.41) is 0. The number of allylic oxidation sites excluding steroid dienone is 1. The second-order valence-electron chi connectivity index (χ2n) is 8.62. The summed E-state index contributed by atoms with van der Waals surface area (Å²) in [4.78, 5) is 0. The molecule has 0 aromatic rings. The van der Waals surface area contributed by atoms with Gasteiger partial charge in [-0.2, -0.15) is 0 Å². The van der Waals surface area contributed by atoms with Crippen LogP contribution in [0, 0.1) is 11.8 Å². The molecule has 2 fully saturated rings. The summed E-state index contributed by atoms with van der Waals surface area (Å²) < 4.78 is 18.6. The molecule has 1 aliphatic carbocycles. The molecule has 0 radical (unpaired) electrons. The normalized spacial score (nSPS) is 37.1. The largest absolute Gasteiger partial charge is 0.490 e. The van der Waals surface area contributed by atoms with Crippen LogP contribution < -0.4 is 0 Å². The van der Waals surface area contributed by atoms with Crippen molar-refractivity contribution in [1.82, 2.24) is 0 Å². The van der Waals surface area contributed by atoms with Gasteiger partial charge in [-0.3, -0.25) is 0 Å². The van der Waals surface area contributed by atoms with E-state index in [0.29, 0.717) is 11.8 Å². The zero-order valence-corrected chi connectivity index (χ0v) is 15.1. The number of hydrogen-bond donors (Lipinski definition) is 0. The SMILES string of the molecule is CC(C)C1CCOC12CC=C(B1OC(C)(C)C(C)(C)O1)CC2. The Labute approximate surface area is 135 Å². The highest BCUT2D eigenvalue weighted by atomic mass is 16.7. The van der Waals surface area contributed by atoms with Crippen molar-refractivity contribution in [3.05, 3.63) is 11.5 Å². The second kappa shape index (κ2) is 5.36. The monoisotopic (exact) mass is 306 g/mol. The fourth-order valence-corrected chi connectivity index (χ4v) is 4.24. The lowest BCUT2D eigenvalue weighted by molar-refractivity contribution is -0.0395. The predicted octanol–water partition coefficient (Wildman–Crippen LogP) is 4.16. The van der Waals surface area contributed by atoms with Crippen LogP contribution in [-0.4, -0.2) is 30.5 Å². The smallest absolute Gasteiger partial charge is 0.400 e. The van der Waals surface area contributed by atoms with E-state index >= 15 is 0 Å². The molecule has 2 unspecified atom stereocenters. The first-order chi connectivity index (χ1) is 10.2. The third-order valence-corrected chi connectivity index (χ3v) is 6.40. The van der Waals surface area contributed by atoms with Gasteiger partial charge in [0.25, 0.3) is 0 Å². The molecule has 2 heterocycles. The van der Waals surface area contributed by atoms with Crippen LogP contribution >= 0.6 is 0 Å². The average molecular weight is 306 g/mol. The van der Waals surface area contributed by atoms with Crippen molar-refractivity contribution in [3.8, 4) is 0 Å². The highest BCUT2D eigenvalue weighted by Crippen LogP contribution is 2.48. The zero-order valence-electron chi connectivity index (χ0n) is 15.1. The van der Waals surface area contributed by atoms with Crippen molar-refractivity contribution in [2.75, 3.05) is 6.61 Å². The molecule has 2 aliphatic heterocycles. The Morgan fingerprint density at radius 2 is 1.77 bits per heavy atom. The standard InChI is InChI=1S/C18H31BO3/c1-13(2)15-9-12-20-18(15)10-7-14(8-11-18)19-21-16(3,4)17(5,6)22-19/h7,13,15H,8-12H2,1-6H3. The van der Waals surface area contributed by atoms with Crippen LogP contribution in [-0.2, 0) is 14.0 Å². The maximum absolute atomic E-state index is 6.22. The Bertz CT molecular complexity index is 453. The van der Waals surface area contributed by atoms with Crippen molar-refractivity contribution in [2.24, 2.45) is 11.8 Å². The maximum Gasteiger partial charge on any atom is 0.490 e. The van der Waals surface area contributed by atoms with E-state index in [9.17, 15) is 0 Å². The van der Waals surface area contributed by atoms with Gasteiger partial charge in [-0.25, -0.2) is 0 Å². The predicted molar refractivity (Wildman–Crippen MR) is 89.6 cm³/mol. The topological polar surface area (TPSA) is 27.7 Å². The molecule has 124 valence electrons. The third-order valence-electron chi connectivity index (χ3n) is 6.40. The van der Waals surface area contributed by atoms with E-state index in [2.05, 4.69) is 47.6 Å².